The Bertz CT molecular complexity index is 678. The number of nitrogens with zero attached hydrogens (tertiary/aromatic N) is 2. The minimum absolute atomic E-state index is 0.0214. The molecular formula is C20H28N2O3. The fourth-order valence-electron chi connectivity index (χ4n) is 3.70. The van der Waals surface area contributed by atoms with Gasteiger partial charge in [0, 0.05) is 18.8 Å². The van der Waals surface area contributed by atoms with Crippen LogP contribution >= 0.6 is 0 Å². The first kappa shape index (κ1) is 17.8. The Morgan fingerprint density at radius 2 is 1.92 bits per heavy atom. The van der Waals surface area contributed by atoms with E-state index in [1.807, 2.05) is 37.8 Å². The summed E-state index contributed by atoms with van der Waals surface area (Å²) in [6.07, 6.45) is 3.12. The van der Waals surface area contributed by atoms with Crippen LogP contribution in [-0.2, 0) is 16.0 Å². The van der Waals surface area contributed by atoms with Gasteiger partial charge >= 0.3 is 6.09 Å². The maximum atomic E-state index is 13.2. The van der Waals surface area contributed by atoms with E-state index >= 15 is 0 Å². The minimum Gasteiger partial charge on any atom is -0.444 e. The van der Waals surface area contributed by atoms with E-state index in [0.717, 1.165) is 24.9 Å². The van der Waals surface area contributed by atoms with E-state index in [9.17, 15) is 9.59 Å². The Balaban J connectivity index is 1.80. The predicted octanol–water partition coefficient (Wildman–Crippen LogP) is 3.67. The predicted molar refractivity (Wildman–Crippen MR) is 97.8 cm³/mol. The van der Waals surface area contributed by atoms with Gasteiger partial charge in [-0.2, -0.15) is 0 Å². The molecule has 0 saturated carbocycles. The largest absolute Gasteiger partial charge is 0.444 e. The average Bonchev–Trinajstić information content (AvgIpc) is 3.01. The van der Waals surface area contributed by atoms with Crippen molar-refractivity contribution in [1.82, 2.24) is 4.90 Å². The van der Waals surface area contributed by atoms with Crippen molar-refractivity contribution in [2.75, 3.05) is 18.0 Å². The van der Waals surface area contributed by atoms with Gasteiger partial charge in [0.15, 0.2) is 0 Å². The van der Waals surface area contributed by atoms with Crippen LogP contribution in [0.25, 0.3) is 0 Å². The number of carbonyl (C=O) groups is 2. The molecule has 5 nitrogen and oxygen atoms in total. The van der Waals surface area contributed by atoms with Crippen LogP contribution in [0.15, 0.2) is 18.2 Å². The van der Waals surface area contributed by atoms with Crippen LogP contribution < -0.4 is 4.90 Å². The summed E-state index contributed by atoms with van der Waals surface area (Å²) < 4.78 is 5.49. The zero-order chi connectivity index (χ0) is 18.2. The fourth-order valence-corrected chi connectivity index (χ4v) is 3.70. The van der Waals surface area contributed by atoms with Gasteiger partial charge in [-0.15, -0.1) is 0 Å². The molecule has 1 unspecified atom stereocenters. The van der Waals surface area contributed by atoms with E-state index < -0.39 is 11.6 Å². The molecule has 0 N–H and O–H groups in total. The highest BCUT2D eigenvalue weighted by atomic mass is 16.6. The molecule has 5 heteroatoms. The number of ether oxygens (including phenoxy) is 1. The van der Waals surface area contributed by atoms with Crippen molar-refractivity contribution in [3.05, 3.63) is 29.3 Å². The lowest BCUT2D eigenvalue weighted by Crippen LogP contribution is -2.50. The normalized spacial score (nSPS) is 20.4. The molecule has 2 heterocycles. The molecule has 2 aliphatic heterocycles. The van der Waals surface area contributed by atoms with Crippen LogP contribution in [0.3, 0.4) is 0 Å². The third kappa shape index (κ3) is 3.80. The highest BCUT2D eigenvalue weighted by Gasteiger charge is 2.39. The third-order valence-electron chi connectivity index (χ3n) is 4.79. The summed E-state index contributed by atoms with van der Waals surface area (Å²) in [6, 6.07) is 5.83. The topological polar surface area (TPSA) is 49.9 Å². The van der Waals surface area contributed by atoms with Crippen molar-refractivity contribution in [2.24, 2.45) is 0 Å². The van der Waals surface area contributed by atoms with Crippen molar-refractivity contribution in [3.63, 3.8) is 0 Å². The number of hydrogen-bond donors (Lipinski definition) is 0. The fraction of sp³-hybridized carbons (Fsp3) is 0.600. The number of fused-ring (bicyclic) bond motifs is 1. The third-order valence-corrected chi connectivity index (χ3v) is 4.79. The Morgan fingerprint density at radius 1 is 1.16 bits per heavy atom. The summed E-state index contributed by atoms with van der Waals surface area (Å²) in [7, 11) is 0. The van der Waals surface area contributed by atoms with E-state index in [0.29, 0.717) is 19.5 Å². The van der Waals surface area contributed by atoms with Crippen LogP contribution in [0, 0.1) is 6.92 Å². The lowest BCUT2D eigenvalue weighted by molar-refractivity contribution is -0.123. The number of anilines is 1. The van der Waals surface area contributed by atoms with Crippen LogP contribution in [-0.4, -0.2) is 41.6 Å². The molecule has 0 spiro atoms. The van der Waals surface area contributed by atoms with Gasteiger partial charge in [0.1, 0.15) is 11.6 Å². The second-order valence-corrected chi connectivity index (χ2v) is 8.06. The van der Waals surface area contributed by atoms with Gasteiger partial charge < -0.3 is 9.64 Å². The second kappa shape index (κ2) is 6.70. The number of hydrogen-bond acceptors (Lipinski definition) is 3. The van der Waals surface area contributed by atoms with Gasteiger partial charge in [-0.1, -0.05) is 17.7 Å². The summed E-state index contributed by atoms with van der Waals surface area (Å²) in [5, 5.41) is 0. The second-order valence-electron chi connectivity index (χ2n) is 8.06. The smallest absolute Gasteiger partial charge is 0.410 e. The van der Waals surface area contributed by atoms with Crippen LogP contribution in [0.1, 0.15) is 51.2 Å². The number of benzene rings is 1. The molecule has 2 amide bonds. The van der Waals surface area contributed by atoms with Gasteiger partial charge in [-0.05, 0) is 65.0 Å². The summed E-state index contributed by atoms with van der Waals surface area (Å²) in [6.45, 7) is 8.92. The number of likely N-dealkylation sites (tertiary alicyclic amines) is 1. The lowest BCUT2D eigenvalue weighted by Gasteiger charge is -2.34. The molecule has 0 bridgehead atoms. The SMILES string of the molecule is Cc1ccc2c(c1)CCCN2C(=O)C1CCCN1C(=O)OC(C)(C)C. The van der Waals surface area contributed by atoms with Gasteiger partial charge in [-0.25, -0.2) is 4.79 Å². The summed E-state index contributed by atoms with van der Waals surface area (Å²) in [5.74, 6) is 0.0214. The van der Waals surface area contributed by atoms with Gasteiger partial charge in [0.05, 0.1) is 0 Å². The highest BCUT2D eigenvalue weighted by molar-refractivity contribution is 6.00. The number of carbonyl (C=O) groups excluding carboxylic acids is 2. The Hall–Kier alpha value is -2.04. The molecular weight excluding hydrogens is 316 g/mol. The molecule has 3 rings (SSSR count). The van der Waals surface area contributed by atoms with E-state index in [1.54, 1.807) is 4.90 Å². The van der Waals surface area contributed by atoms with E-state index in [1.165, 1.54) is 11.1 Å². The first-order chi connectivity index (χ1) is 11.8. The molecule has 0 aromatic heterocycles. The van der Waals surface area contributed by atoms with Gasteiger partial charge in [0.2, 0.25) is 5.91 Å². The highest BCUT2D eigenvalue weighted by Crippen LogP contribution is 2.31. The quantitative estimate of drug-likeness (QED) is 0.781. The molecule has 1 aromatic carbocycles. The molecule has 25 heavy (non-hydrogen) atoms. The van der Waals surface area contributed by atoms with Crippen LogP contribution in [0.4, 0.5) is 10.5 Å². The summed E-state index contributed by atoms with van der Waals surface area (Å²) >= 11 is 0. The number of aryl methyl sites for hydroxylation is 2. The zero-order valence-corrected chi connectivity index (χ0v) is 15.7. The standard InChI is InChI=1S/C20H28N2O3/c1-14-9-10-16-15(13-14)7-5-11-21(16)18(23)17-8-6-12-22(17)19(24)25-20(2,3)4/h9-10,13,17H,5-8,11-12H2,1-4H3. The molecule has 2 aliphatic rings. The van der Waals surface area contributed by atoms with Crippen molar-refractivity contribution < 1.29 is 14.3 Å². The Morgan fingerprint density at radius 3 is 2.64 bits per heavy atom. The maximum absolute atomic E-state index is 13.2. The zero-order valence-electron chi connectivity index (χ0n) is 15.7. The Labute approximate surface area is 149 Å². The van der Waals surface area contributed by atoms with Crippen molar-refractivity contribution >= 4 is 17.7 Å². The maximum Gasteiger partial charge on any atom is 0.410 e. The summed E-state index contributed by atoms with van der Waals surface area (Å²) in [4.78, 5) is 29.2. The number of rotatable bonds is 1. The van der Waals surface area contributed by atoms with Crippen LogP contribution in [0.2, 0.25) is 0 Å². The van der Waals surface area contributed by atoms with E-state index in [4.69, 9.17) is 4.74 Å². The minimum atomic E-state index is -0.553. The van der Waals surface area contributed by atoms with Crippen molar-refractivity contribution in [2.45, 2.75) is 65.0 Å². The number of amides is 2. The molecule has 1 aromatic rings. The first-order valence-corrected chi connectivity index (χ1v) is 9.17. The van der Waals surface area contributed by atoms with Gasteiger partial charge in [-0.3, -0.25) is 9.69 Å². The van der Waals surface area contributed by atoms with Gasteiger partial charge in [0.25, 0.3) is 0 Å². The average molecular weight is 344 g/mol. The van der Waals surface area contributed by atoms with Crippen LogP contribution in [0.5, 0.6) is 0 Å². The first-order valence-electron chi connectivity index (χ1n) is 9.17. The lowest BCUT2D eigenvalue weighted by atomic mass is 9.98. The summed E-state index contributed by atoms with van der Waals surface area (Å²) in [5.41, 5.74) is 2.88. The van der Waals surface area contributed by atoms with Crippen molar-refractivity contribution in [1.29, 1.82) is 0 Å². The Kier molecular flexibility index (Phi) is 4.76. The molecule has 1 saturated heterocycles. The van der Waals surface area contributed by atoms with E-state index in [2.05, 4.69) is 13.0 Å². The monoisotopic (exact) mass is 344 g/mol. The molecule has 1 atom stereocenters. The van der Waals surface area contributed by atoms with E-state index in [-0.39, 0.29) is 12.0 Å². The molecule has 0 aliphatic carbocycles. The molecule has 1 fully saturated rings. The molecule has 136 valence electrons. The molecule has 0 radical (unpaired) electrons. The van der Waals surface area contributed by atoms with Crippen molar-refractivity contribution in [3.8, 4) is 0 Å².